The van der Waals surface area contributed by atoms with Gasteiger partial charge in [-0.3, -0.25) is 4.79 Å². The zero-order valence-electron chi connectivity index (χ0n) is 14.0. The fourth-order valence-corrected chi connectivity index (χ4v) is 2.91. The molecule has 3 nitrogen and oxygen atoms in total. The third-order valence-electron chi connectivity index (χ3n) is 4.24. The predicted octanol–water partition coefficient (Wildman–Crippen LogP) is 4.97. The van der Waals surface area contributed by atoms with E-state index >= 15 is 0 Å². The maximum Gasteiger partial charge on any atom is 0.338 e. The van der Waals surface area contributed by atoms with Crippen LogP contribution in [-0.2, 0) is 11.4 Å². The van der Waals surface area contributed by atoms with Crippen molar-refractivity contribution in [2.24, 2.45) is 0 Å². The lowest BCUT2D eigenvalue weighted by Crippen LogP contribution is -2.05. The second kappa shape index (κ2) is 6.85. The van der Waals surface area contributed by atoms with Crippen LogP contribution in [0.1, 0.15) is 33.2 Å². The topological polar surface area (TPSA) is 43.4 Å². The number of carbonyl (C=O) groups excluding carboxylic acids is 2. The Morgan fingerprint density at radius 2 is 1.80 bits per heavy atom. The van der Waals surface area contributed by atoms with E-state index in [2.05, 4.69) is 0 Å². The lowest BCUT2D eigenvalue weighted by Gasteiger charge is -2.12. The molecule has 0 fully saturated rings. The highest BCUT2D eigenvalue weighted by Crippen LogP contribution is 2.32. The summed E-state index contributed by atoms with van der Waals surface area (Å²) in [5.41, 5.74) is 2.61. The summed E-state index contributed by atoms with van der Waals surface area (Å²) in [4.78, 5) is 23.8. The summed E-state index contributed by atoms with van der Waals surface area (Å²) in [6.45, 7) is 0.763. The highest BCUT2D eigenvalue weighted by atomic mass is 19.1. The Hall–Kier alpha value is -3.01. The van der Waals surface area contributed by atoms with Crippen molar-refractivity contribution in [3.63, 3.8) is 0 Å². The normalized spacial score (nSPS) is 10.7. The van der Waals surface area contributed by atoms with Crippen LogP contribution in [0, 0.1) is 0 Å². The Labute approximate surface area is 145 Å². The summed E-state index contributed by atoms with van der Waals surface area (Å²) in [5, 5.41) is 1.88. The molecule has 126 valence electrons. The molecule has 0 amide bonds. The first kappa shape index (κ1) is 16.8. The second-order valence-electron chi connectivity index (χ2n) is 5.80. The van der Waals surface area contributed by atoms with Gasteiger partial charge in [0.1, 0.15) is 6.67 Å². The van der Waals surface area contributed by atoms with E-state index in [1.165, 1.54) is 14.0 Å². The zero-order valence-corrected chi connectivity index (χ0v) is 14.0. The van der Waals surface area contributed by atoms with Crippen LogP contribution < -0.4 is 0 Å². The minimum Gasteiger partial charge on any atom is -0.465 e. The number of fused-ring (bicyclic) bond motifs is 1. The van der Waals surface area contributed by atoms with Gasteiger partial charge >= 0.3 is 5.97 Å². The first-order valence-corrected chi connectivity index (χ1v) is 7.86. The molecule has 0 heterocycles. The summed E-state index contributed by atoms with van der Waals surface area (Å²) in [6.07, 6.45) is 0. The Balaban J connectivity index is 2.29. The second-order valence-corrected chi connectivity index (χ2v) is 5.80. The molecule has 0 saturated heterocycles. The molecular formula is C21H17FO3. The van der Waals surface area contributed by atoms with Gasteiger partial charge in [-0.05, 0) is 52.6 Å². The number of carbonyl (C=O) groups is 2. The third-order valence-corrected chi connectivity index (χ3v) is 4.24. The molecule has 0 aromatic heterocycles. The molecule has 3 aromatic carbocycles. The number of ether oxygens (including phenoxy) is 1. The van der Waals surface area contributed by atoms with E-state index in [0.29, 0.717) is 5.56 Å². The molecule has 0 spiro atoms. The highest BCUT2D eigenvalue weighted by Gasteiger charge is 2.15. The van der Waals surface area contributed by atoms with Gasteiger partial charge in [0.05, 0.1) is 12.7 Å². The molecule has 0 bridgehead atoms. The highest BCUT2D eigenvalue weighted by molar-refractivity contribution is 6.05. The van der Waals surface area contributed by atoms with E-state index in [4.69, 9.17) is 4.74 Å². The van der Waals surface area contributed by atoms with Gasteiger partial charge in [-0.2, -0.15) is 0 Å². The fraction of sp³-hybridized carbons (Fsp3) is 0.143. The molecule has 0 aliphatic heterocycles. The van der Waals surface area contributed by atoms with Crippen molar-refractivity contribution in [3.05, 3.63) is 71.3 Å². The standard InChI is InChI=1S/C21H17FO3/c1-13(23)17-9-14-5-3-4-6-18(14)19(11-17)15-7-8-16(12-22)20(10-15)21(24)25-2/h3-11H,12H2,1-2H3. The van der Waals surface area contributed by atoms with Crippen LogP contribution in [0.25, 0.3) is 21.9 Å². The number of alkyl halides is 1. The molecule has 0 saturated carbocycles. The van der Waals surface area contributed by atoms with Crippen LogP contribution in [0.2, 0.25) is 0 Å². The summed E-state index contributed by atoms with van der Waals surface area (Å²) in [7, 11) is 1.27. The van der Waals surface area contributed by atoms with Crippen LogP contribution in [0.15, 0.2) is 54.6 Å². The maximum absolute atomic E-state index is 13.2. The lowest BCUT2D eigenvalue weighted by atomic mass is 9.92. The number of Topliss-reactive ketones (excluding diaryl/α,β-unsaturated/α-hetero) is 1. The first-order valence-electron chi connectivity index (χ1n) is 7.86. The van der Waals surface area contributed by atoms with Gasteiger partial charge in [0.15, 0.2) is 5.78 Å². The third kappa shape index (κ3) is 3.15. The molecule has 0 unspecified atom stereocenters. The minimum absolute atomic E-state index is 0.0411. The number of esters is 1. The average molecular weight is 336 g/mol. The SMILES string of the molecule is COC(=O)c1cc(-c2cc(C(C)=O)cc3ccccc23)ccc1CF. The summed E-state index contributed by atoms with van der Waals surface area (Å²) in [5.74, 6) is -0.623. The number of ketones is 1. The number of benzene rings is 3. The van der Waals surface area contributed by atoms with Crippen molar-refractivity contribution in [1.29, 1.82) is 0 Å². The van der Waals surface area contributed by atoms with Crippen LogP contribution in [0.5, 0.6) is 0 Å². The van der Waals surface area contributed by atoms with Crippen molar-refractivity contribution in [3.8, 4) is 11.1 Å². The van der Waals surface area contributed by atoms with E-state index in [1.54, 1.807) is 24.3 Å². The summed E-state index contributed by atoms with van der Waals surface area (Å²) < 4.78 is 17.9. The molecule has 0 aliphatic rings. The van der Waals surface area contributed by atoms with Gasteiger partial charge in [0, 0.05) is 5.56 Å². The van der Waals surface area contributed by atoms with Gasteiger partial charge < -0.3 is 4.74 Å². The molecule has 0 radical (unpaired) electrons. The number of hydrogen-bond donors (Lipinski definition) is 0. The number of rotatable bonds is 4. The molecule has 0 N–H and O–H groups in total. The van der Waals surface area contributed by atoms with Gasteiger partial charge in [-0.15, -0.1) is 0 Å². The summed E-state index contributed by atoms with van der Waals surface area (Å²) >= 11 is 0. The van der Waals surface area contributed by atoms with Gasteiger partial charge in [0.2, 0.25) is 0 Å². The molecule has 4 heteroatoms. The van der Waals surface area contributed by atoms with Crippen molar-refractivity contribution < 1.29 is 18.7 Å². The minimum atomic E-state index is -0.751. The van der Waals surface area contributed by atoms with E-state index in [0.717, 1.165) is 21.9 Å². The van der Waals surface area contributed by atoms with E-state index in [1.807, 2.05) is 30.3 Å². The lowest BCUT2D eigenvalue weighted by molar-refractivity contribution is 0.0598. The first-order chi connectivity index (χ1) is 12.0. The predicted molar refractivity (Wildman–Crippen MR) is 95.5 cm³/mol. The van der Waals surface area contributed by atoms with Crippen molar-refractivity contribution >= 4 is 22.5 Å². The number of halogens is 1. The van der Waals surface area contributed by atoms with Crippen molar-refractivity contribution in [2.75, 3.05) is 7.11 Å². The van der Waals surface area contributed by atoms with Crippen LogP contribution in [-0.4, -0.2) is 18.9 Å². The largest absolute Gasteiger partial charge is 0.465 e. The van der Waals surface area contributed by atoms with Crippen molar-refractivity contribution in [2.45, 2.75) is 13.6 Å². The maximum atomic E-state index is 13.2. The Morgan fingerprint density at radius 1 is 1.04 bits per heavy atom. The monoisotopic (exact) mass is 336 g/mol. The smallest absolute Gasteiger partial charge is 0.338 e. The Morgan fingerprint density at radius 3 is 2.48 bits per heavy atom. The number of hydrogen-bond acceptors (Lipinski definition) is 3. The summed E-state index contributed by atoms with van der Waals surface area (Å²) in [6, 6.07) is 16.3. The van der Waals surface area contributed by atoms with Crippen LogP contribution in [0.3, 0.4) is 0 Å². The van der Waals surface area contributed by atoms with Crippen LogP contribution >= 0.6 is 0 Å². The van der Waals surface area contributed by atoms with Gasteiger partial charge in [0.25, 0.3) is 0 Å². The molecule has 0 atom stereocenters. The molecule has 3 rings (SSSR count). The fourth-order valence-electron chi connectivity index (χ4n) is 2.91. The Bertz CT molecular complexity index is 976. The van der Waals surface area contributed by atoms with Gasteiger partial charge in [-0.1, -0.05) is 36.4 Å². The van der Waals surface area contributed by atoms with E-state index in [9.17, 15) is 14.0 Å². The number of methoxy groups -OCH3 is 1. The van der Waals surface area contributed by atoms with E-state index in [-0.39, 0.29) is 16.9 Å². The quantitative estimate of drug-likeness (QED) is 0.499. The van der Waals surface area contributed by atoms with Crippen LogP contribution in [0.4, 0.5) is 4.39 Å². The molecule has 25 heavy (non-hydrogen) atoms. The zero-order chi connectivity index (χ0) is 18.0. The van der Waals surface area contributed by atoms with E-state index < -0.39 is 12.6 Å². The van der Waals surface area contributed by atoms with Gasteiger partial charge in [-0.25, -0.2) is 9.18 Å². The molecular weight excluding hydrogens is 319 g/mol. The Kier molecular flexibility index (Phi) is 4.61. The average Bonchev–Trinajstić information content (AvgIpc) is 2.65. The van der Waals surface area contributed by atoms with Crippen molar-refractivity contribution in [1.82, 2.24) is 0 Å². The molecule has 3 aromatic rings. The molecule has 0 aliphatic carbocycles.